The second-order valence-corrected chi connectivity index (χ2v) is 7.35. The van der Waals surface area contributed by atoms with Crippen LogP contribution in [0.3, 0.4) is 0 Å². The van der Waals surface area contributed by atoms with E-state index in [1.165, 1.54) is 51.9 Å². The highest BCUT2D eigenvalue weighted by molar-refractivity contribution is 5.84. The Labute approximate surface area is 128 Å². The first-order valence-corrected chi connectivity index (χ1v) is 8.61. The number of hydrogen-bond donors (Lipinski definition) is 2. The second-order valence-electron chi connectivity index (χ2n) is 7.35. The van der Waals surface area contributed by atoms with Crippen LogP contribution in [0.5, 0.6) is 0 Å². The molecule has 0 aromatic rings. The molecule has 2 heterocycles. The summed E-state index contributed by atoms with van der Waals surface area (Å²) in [6.07, 6.45) is 7.00. The van der Waals surface area contributed by atoms with Gasteiger partial charge in [-0.25, -0.2) is 0 Å². The zero-order valence-electron chi connectivity index (χ0n) is 13.3. The molecule has 0 aromatic heterocycles. The van der Waals surface area contributed by atoms with Gasteiger partial charge in [-0.05, 0) is 58.5 Å². The molecular formula is C16H30N4O. The van der Waals surface area contributed by atoms with Crippen molar-refractivity contribution in [3.63, 3.8) is 0 Å². The van der Waals surface area contributed by atoms with Gasteiger partial charge in [0.15, 0.2) is 0 Å². The molecule has 2 saturated heterocycles. The summed E-state index contributed by atoms with van der Waals surface area (Å²) in [6, 6.07) is 1.30. The van der Waals surface area contributed by atoms with Gasteiger partial charge in [0.05, 0.1) is 5.54 Å². The summed E-state index contributed by atoms with van der Waals surface area (Å²) in [5, 5.41) is 3.44. The molecule has 5 heteroatoms. The van der Waals surface area contributed by atoms with Crippen molar-refractivity contribution >= 4 is 5.91 Å². The van der Waals surface area contributed by atoms with Crippen molar-refractivity contribution in [3.8, 4) is 0 Å². The lowest BCUT2D eigenvalue weighted by Crippen LogP contribution is -2.54. The van der Waals surface area contributed by atoms with Gasteiger partial charge in [-0.1, -0.05) is 0 Å². The highest BCUT2D eigenvalue weighted by atomic mass is 16.1. The van der Waals surface area contributed by atoms with Crippen LogP contribution >= 0.6 is 0 Å². The standard InChI is InChI=1S/C16H30N4O/c1-16(15(17)21,18-13-5-6-13)7-3-8-19-10-11-20-9-2-4-14(20)12-19/h13-14,18H,2-12H2,1H3,(H2,17,21). The van der Waals surface area contributed by atoms with Gasteiger partial charge in [0.25, 0.3) is 0 Å². The van der Waals surface area contributed by atoms with E-state index in [1.807, 2.05) is 6.92 Å². The van der Waals surface area contributed by atoms with Crippen molar-refractivity contribution in [1.82, 2.24) is 15.1 Å². The third-order valence-corrected chi connectivity index (χ3v) is 5.47. The van der Waals surface area contributed by atoms with Crippen LogP contribution in [0.2, 0.25) is 0 Å². The third kappa shape index (κ3) is 3.76. The molecule has 120 valence electrons. The molecule has 0 spiro atoms. The number of piperazine rings is 1. The topological polar surface area (TPSA) is 61.6 Å². The lowest BCUT2D eigenvalue weighted by Gasteiger charge is -2.38. The summed E-state index contributed by atoms with van der Waals surface area (Å²) >= 11 is 0. The van der Waals surface area contributed by atoms with Gasteiger partial charge < -0.3 is 16.0 Å². The number of fused-ring (bicyclic) bond motifs is 1. The van der Waals surface area contributed by atoms with Crippen molar-refractivity contribution in [2.45, 2.75) is 63.1 Å². The average Bonchev–Trinajstić information content (AvgIpc) is 3.13. The first-order valence-electron chi connectivity index (χ1n) is 8.61. The maximum Gasteiger partial charge on any atom is 0.237 e. The number of carbonyl (C=O) groups excluding carboxylic acids is 1. The first-order chi connectivity index (χ1) is 10.1. The summed E-state index contributed by atoms with van der Waals surface area (Å²) in [6.45, 7) is 7.98. The minimum Gasteiger partial charge on any atom is -0.368 e. The zero-order valence-corrected chi connectivity index (χ0v) is 13.3. The maximum atomic E-state index is 11.8. The Morgan fingerprint density at radius 3 is 2.81 bits per heavy atom. The minimum absolute atomic E-state index is 0.199. The van der Waals surface area contributed by atoms with E-state index in [1.54, 1.807) is 0 Å². The van der Waals surface area contributed by atoms with Crippen LogP contribution in [0, 0.1) is 0 Å². The van der Waals surface area contributed by atoms with Crippen LogP contribution in [0.1, 0.15) is 45.4 Å². The van der Waals surface area contributed by atoms with E-state index in [9.17, 15) is 4.79 Å². The zero-order chi connectivity index (χ0) is 14.9. The largest absolute Gasteiger partial charge is 0.368 e. The normalized spacial score (nSPS) is 30.0. The lowest BCUT2D eigenvalue weighted by molar-refractivity contribution is -0.124. The van der Waals surface area contributed by atoms with E-state index >= 15 is 0 Å². The second kappa shape index (κ2) is 6.23. The number of rotatable bonds is 7. The molecule has 3 fully saturated rings. The van der Waals surface area contributed by atoms with Gasteiger partial charge in [0, 0.05) is 31.7 Å². The Bertz CT molecular complexity index is 384. The first kappa shape index (κ1) is 15.3. The van der Waals surface area contributed by atoms with Gasteiger partial charge in [0.2, 0.25) is 5.91 Å². The fourth-order valence-electron chi connectivity index (χ4n) is 3.86. The molecule has 2 atom stereocenters. The maximum absolute atomic E-state index is 11.8. The Balaban J connectivity index is 1.42. The van der Waals surface area contributed by atoms with Gasteiger partial charge >= 0.3 is 0 Å². The van der Waals surface area contributed by atoms with Crippen LogP contribution < -0.4 is 11.1 Å². The van der Waals surface area contributed by atoms with Gasteiger partial charge in [-0.2, -0.15) is 0 Å². The molecule has 0 radical (unpaired) electrons. The fraction of sp³-hybridized carbons (Fsp3) is 0.938. The molecule has 0 aromatic carbocycles. The average molecular weight is 294 g/mol. The smallest absolute Gasteiger partial charge is 0.237 e. The highest BCUT2D eigenvalue weighted by Gasteiger charge is 2.37. The number of nitrogens with two attached hydrogens (primary N) is 1. The lowest BCUT2D eigenvalue weighted by atomic mass is 9.94. The summed E-state index contributed by atoms with van der Waals surface area (Å²) in [7, 11) is 0. The van der Waals surface area contributed by atoms with E-state index in [-0.39, 0.29) is 5.91 Å². The van der Waals surface area contributed by atoms with Crippen molar-refractivity contribution in [2.75, 3.05) is 32.7 Å². The monoisotopic (exact) mass is 294 g/mol. The Morgan fingerprint density at radius 2 is 2.10 bits per heavy atom. The van der Waals surface area contributed by atoms with Crippen LogP contribution in [-0.2, 0) is 4.79 Å². The van der Waals surface area contributed by atoms with Crippen LogP contribution in [0.15, 0.2) is 0 Å². The quantitative estimate of drug-likeness (QED) is 0.719. The molecule has 2 unspecified atom stereocenters. The molecule has 21 heavy (non-hydrogen) atoms. The number of primary amides is 1. The minimum atomic E-state index is -0.518. The van der Waals surface area contributed by atoms with Crippen LogP contribution in [-0.4, -0.2) is 66.1 Å². The van der Waals surface area contributed by atoms with Gasteiger partial charge in [0.1, 0.15) is 0 Å². The Hall–Kier alpha value is -0.650. The van der Waals surface area contributed by atoms with E-state index in [0.717, 1.165) is 25.4 Å². The SMILES string of the molecule is CC(CCCN1CCN2CCCC2C1)(NC1CC1)C(N)=O. The predicted octanol–water partition coefficient (Wildman–Crippen LogP) is 0.543. The van der Waals surface area contributed by atoms with Crippen LogP contribution in [0.4, 0.5) is 0 Å². The number of hydrogen-bond acceptors (Lipinski definition) is 4. The van der Waals surface area contributed by atoms with Crippen molar-refractivity contribution < 1.29 is 4.79 Å². The highest BCUT2D eigenvalue weighted by Crippen LogP contribution is 2.25. The fourth-order valence-corrected chi connectivity index (χ4v) is 3.86. The van der Waals surface area contributed by atoms with E-state index in [2.05, 4.69) is 15.1 Å². The van der Waals surface area contributed by atoms with E-state index in [4.69, 9.17) is 5.73 Å². The van der Waals surface area contributed by atoms with Gasteiger partial charge in [-0.15, -0.1) is 0 Å². The molecule has 3 N–H and O–H groups in total. The number of nitrogens with one attached hydrogen (secondary N) is 1. The molecule has 1 amide bonds. The number of nitrogens with zero attached hydrogens (tertiary/aromatic N) is 2. The third-order valence-electron chi connectivity index (χ3n) is 5.47. The molecule has 3 aliphatic rings. The van der Waals surface area contributed by atoms with Gasteiger partial charge in [-0.3, -0.25) is 9.69 Å². The molecule has 0 bridgehead atoms. The molecule has 5 nitrogen and oxygen atoms in total. The summed E-state index contributed by atoms with van der Waals surface area (Å²) in [5.74, 6) is -0.199. The molecule has 3 rings (SSSR count). The number of amides is 1. The summed E-state index contributed by atoms with van der Waals surface area (Å²) in [5.41, 5.74) is 5.10. The van der Waals surface area contributed by atoms with Crippen molar-refractivity contribution in [2.24, 2.45) is 5.73 Å². The predicted molar refractivity (Wildman–Crippen MR) is 84.0 cm³/mol. The van der Waals surface area contributed by atoms with Crippen LogP contribution in [0.25, 0.3) is 0 Å². The number of carbonyl (C=O) groups is 1. The molecule has 2 aliphatic heterocycles. The Kier molecular flexibility index (Phi) is 4.52. The van der Waals surface area contributed by atoms with E-state index in [0.29, 0.717) is 6.04 Å². The van der Waals surface area contributed by atoms with Crippen molar-refractivity contribution in [1.29, 1.82) is 0 Å². The molecule has 1 aliphatic carbocycles. The summed E-state index contributed by atoms with van der Waals surface area (Å²) in [4.78, 5) is 17.0. The van der Waals surface area contributed by atoms with Crippen molar-refractivity contribution in [3.05, 3.63) is 0 Å². The van der Waals surface area contributed by atoms with E-state index < -0.39 is 5.54 Å². The Morgan fingerprint density at radius 1 is 1.29 bits per heavy atom. The molecular weight excluding hydrogens is 264 g/mol. The summed E-state index contributed by atoms with van der Waals surface area (Å²) < 4.78 is 0. The molecule has 1 saturated carbocycles.